The SMILES string of the molecule is CC(Nc1cc(F)ccc1F)c1ccc(Br)cc1Br. The Kier molecular flexibility index (Phi) is 4.58. The molecule has 0 aliphatic heterocycles. The Morgan fingerprint density at radius 2 is 1.79 bits per heavy atom. The third-order valence-corrected chi connectivity index (χ3v) is 3.91. The van der Waals surface area contributed by atoms with E-state index < -0.39 is 11.6 Å². The van der Waals surface area contributed by atoms with Crippen LogP contribution in [0.1, 0.15) is 18.5 Å². The maximum Gasteiger partial charge on any atom is 0.146 e. The fourth-order valence-corrected chi connectivity index (χ4v) is 3.16. The molecule has 0 heterocycles. The maximum atomic E-state index is 13.6. The monoisotopic (exact) mass is 389 g/mol. The van der Waals surface area contributed by atoms with E-state index in [1.54, 1.807) is 0 Å². The van der Waals surface area contributed by atoms with Gasteiger partial charge in [-0.15, -0.1) is 0 Å². The average Bonchev–Trinajstić information content (AvgIpc) is 2.33. The first-order chi connectivity index (χ1) is 8.97. The van der Waals surface area contributed by atoms with Gasteiger partial charge in [0.1, 0.15) is 11.6 Å². The normalized spacial score (nSPS) is 12.3. The minimum absolute atomic E-state index is 0.154. The van der Waals surface area contributed by atoms with E-state index in [1.165, 1.54) is 0 Å². The molecule has 0 radical (unpaired) electrons. The van der Waals surface area contributed by atoms with Crippen LogP contribution in [-0.2, 0) is 0 Å². The van der Waals surface area contributed by atoms with Gasteiger partial charge in [0.2, 0.25) is 0 Å². The molecule has 0 bridgehead atoms. The van der Waals surface area contributed by atoms with E-state index in [9.17, 15) is 8.78 Å². The highest BCUT2D eigenvalue weighted by Crippen LogP contribution is 2.29. The number of benzene rings is 2. The van der Waals surface area contributed by atoms with Crippen LogP contribution in [0.15, 0.2) is 45.3 Å². The minimum Gasteiger partial charge on any atom is -0.376 e. The number of rotatable bonds is 3. The van der Waals surface area contributed by atoms with Crippen LogP contribution in [0.4, 0.5) is 14.5 Å². The van der Waals surface area contributed by atoms with E-state index in [4.69, 9.17) is 0 Å². The molecule has 1 N–H and O–H groups in total. The molecule has 1 atom stereocenters. The van der Waals surface area contributed by atoms with Crippen LogP contribution < -0.4 is 5.32 Å². The van der Waals surface area contributed by atoms with Crippen LogP contribution in [0.3, 0.4) is 0 Å². The molecule has 0 saturated heterocycles. The van der Waals surface area contributed by atoms with Crippen LogP contribution >= 0.6 is 31.9 Å². The number of nitrogens with one attached hydrogen (secondary N) is 1. The zero-order valence-corrected chi connectivity index (χ0v) is 13.2. The van der Waals surface area contributed by atoms with Gasteiger partial charge in [-0.2, -0.15) is 0 Å². The van der Waals surface area contributed by atoms with Crippen molar-refractivity contribution in [2.45, 2.75) is 13.0 Å². The van der Waals surface area contributed by atoms with Crippen molar-refractivity contribution in [3.8, 4) is 0 Å². The van der Waals surface area contributed by atoms with Gasteiger partial charge < -0.3 is 5.32 Å². The molecule has 5 heteroatoms. The van der Waals surface area contributed by atoms with Gasteiger partial charge in [0, 0.05) is 15.0 Å². The molecule has 19 heavy (non-hydrogen) atoms. The van der Waals surface area contributed by atoms with Gasteiger partial charge in [-0.3, -0.25) is 0 Å². The Labute approximate surface area is 127 Å². The lowest BCUT2D eigenvalue weighted by Gasteiger charge is -2.18. The van der Waals surface area contributed by atoms with Gasteiger partial charge in [-0.1, -0.05) is 37.9 Å². The smallest absolute Gasteiger partial charge is 0.146 e. The van der Waals surface area contributed by atoms with E-state index in [1.807, 2.05) is 25.1 Å². The predicted molar refractivity (Wildman–Crippen MR) is 80.2 cm³/mol. The molecule has 0 saturated carbocycles. The van der Waals surface area contributed by atoms with Crippen molar-refractivity contribution < 1.29 is 8.78 Å². The van der Waals surface area contributed by atoms with Crippen molar-refractivity contribution in [1.29, 1.82) is 0 Å². The summed E-state index contributed by atoms with van der Waals surface area (Å²) in [5, 5.41) is 2.97. The summed E-state index contributed by atoms with van der Waals surface area (Å²) in [6.45, 7) is 1.89. The first kappa shape index (κ1) is 14.5. The van der Waals surface area contributed by atoms with Crippen molar-refractivity contribution in [3.05, 3.63) is 62.5 Å². The highest BCUT2D eigenvalue weighted by molar-refractivity contribution is 9.11. The Hall–Kier alpha value is -0.940. The van der Waals surface area contributed by atoms with Crippen LogP contribution in [0.2, 0.25) is 0 Å². The summed E-state index contributed by atoms with van der Waals surface area (Å²) in [5.74, 6) is -0.938. The molecule has 100 valence electrons. The van der Waals surface area contributed by atoms with Crippen LogP contribution in [0, 0.1) is 11.6 Å². The number of halogens is 4. The van der Waals surface area contributed by atoms with Gasteiger partial charge in [-0.25, -0.2) is 8.78 Å². The average molecular weight is 391 g/mol. The number of anilines is 1. The standard InChI is InChI=1S/C14H11Br2F2N/c1-8(11-4-2-9(15)6-12(11)16)19-14-7-10(17)3-5-13(14)18/h2-8,19H,1H3. The van der Waals surface area contributed by atoms with Crippen molar-refractivity contribution in [2.75, 3.05) is 5.32 Å². The molecule has 0 spiro atoms. The second kappa shape index (κ2) is 6.01. The third-order valence-electron chi connectivity index (χ3n) is 2.73. The summed E-state index contributed by atoms with van der Waals surface area (Å²) in [6, 6.07) is 8.94. The third kappa shape index (κ3) is 3.54. The molecular formula is C14H11Br2F2N. The van der Waals surface area contributed by atoms with E-state index in [0.29, 0.717) is 0 Å². The highest BCUT2D eigenvalue weighted by Gasteiger charge is 2.12. The molecule has 0 aromatic heterocycles. The molecular weight excluding hydrogens is 380 g/mol. The first-order valence-corrected chi connectivity index (χ1v) is 7.22. The maximum absolute atomic E-state index is 13.6. The molecule has 0 aliphatic rings. The van der Waals surface area contributed by atoms with Crippen molar-refractivity contribution in [3.63, 3.8) is 0 Å². The van der Waals surface area contributed by atoms with Crippen molar-refractivity contribution in [2.24, 2.45) is 0 Å². The molecule has 1 nitrogen and oxygen atoms in total. The van der Waals surface area contributed by atoms with Crippen molar-refractivity contribution >= 4 is 37.5 Å². The Morgan fingerprint density at radius 3 is 2.47 bits per heavy atom. The molecule has 2 aromatic rings. The first-order valence-electron chi connectivity index (χ1n) is 5.64. The summed E-state index contributed by atoms with van der Waals surface area (Å²) in [4.78, 5) is 0. The van der Waals surface area contributed by atoms with Gasteiger partial charge in [0.05, 0.1) is 5.69 Å². The fourth-order valence-electron chi connectivity index (χ4n) is 1.77. The summed E-state index contributed by atoms with van der Waals surface area (Å²) in [5.41, 5.74) is 1.12. The van der Waals surface area contributed by atoms with Crippen LogP contribution in [0.5, 0.6) is 0 Å². The summed E-state index contributed by atoms with van der Waals surface area (Å²) >= 11 is 6.83. The topological polar surface area (TPSA) is 12.0 Å². The van der Waals surface area contributed by atoms with Gasteiger partial charge >= 0.3 is 0 Å². The summed E-state index contributed by atoms with van der Waals surface area (Å²) in [7, 11) is 0. The lowest BCUT2D eigenvalue weighted by molar-refractivity contribution is 0.600. The highest BCUT2D eigenvalue weighted by atomic mass is 79.9. The summed E-state index contributed by atoms with van der Waals surface area (Å²) in [6.07, 6.45) is 0. The van der Waals surface area contributed by atoms with E-state index in [0.717, 1.165) is 32.7 Å². The van der Waals surface area contributed by atoms with E-state index in [2.05, 4.69) is 37.2 Å². The Balaban J connectivity index is 2.25. The van der Waals surface area contributed by atoms with Crippen LogP contribution in [0.25, 0.3) is 0 Å². The predicted octanol–water partition coefficient (Wildman–Crippen LogP) is 5.66. The van der Waals surface area contributed by atoms with E-state index in [-0.39, 0.29) is 11.7 Å². The molecule has 0 aliphatic carbocycles. The molecule has 2 rings (SSSR count). The van der Waals surface area contributed by atoms with Crippen LogP contribution in [-0.4, -0.2) is 0 Å². The second-order valence-corrected chi connectivity index (χ2v) is 5.93. The largest absolute Gasteiger partial charge is 0.376 e. The summed E-state index contributed by atoms with van der Waals surface area (Å²) < 4.78 is 28.5. The number of hydrogen-bond donors (Lipinski definition) is 1. The molecule has 1 unspecified atom stereocenters. The second-order valence-electron chi connectivity index (χ2n) is 4.16. The van der Waals surface area contributed by atoms with Gasteiger partial charge in [0.25, 0.3) is 0 Å². The van der Waals surface area contributed by atoms with Gasteiger partial charge in [0.15, 0.2) is 0 Å². The molecule has 2 aromatic carbocycles. The Morgan fingerprint density at radius 1 is 1.05 bits per heavy atom. The lowest BCUT2D eigenvalue weighted by atomic mass is 10.1. The lowest BCUT2D eigenvalue weighted by Crippen LogP contribution is -2.09. The fraction of sp³-hybridized carbons (Fsp3) is 0.143. The minimum atomic E-state index is -0.471. The number of hydrogen-bond acceptors (Lipinski definition) is 1. The van der Waals surface area contributed by atoms with Gasteiger partial charge in [-0.05, 0) is 42.8 Å². The zero-order valence-electron chi connectivity index (χ0n) is 10.1. The molecule has 0 fully saturated rings. The zero-order chi connectivity index (χ0) is 14.0. The molecule has 0 amide bonds. The van der Waals surface area contributed by atoms with Crippen molar-refractivity contribution in [1.82, 2.24) is 0 Å². The van der Waals surface area contributed by atoms with E-state index >= 15 is 0 Å². The Bertz CT molecular complexity index is 602. The quantitative estimate of drug-likeness (QED) is 0.712.